The maximum absolute atomic E-state index is 13.9. The van der Waals surface area contributed by atoms with Crippen LogP contribution in [0.15, 0.2) is 194 Å². The third kappa shape index (κ3) is 24.9. The number of fused-ring (bicyclic) bond motifs is 4. The zero-order valence-corrected chi connectivity index (χ0v) is 92.1. The second kappa shape index (κ2) is 46.6. The van der Waals surface area contributed by atoms with Gasteiger partial charge in [0.1, 0.15) is 97.8 Å². The fourth-order valence-electron chi connectivity index (χ4n) is 16.4. The number of benzene rings is 8. The number of rotatable bonds is 20. The van der Waals surface area contributed by atoms with Crippen molar-refractivity contribution in [1.82, 2.24) is 28.9 Å². The molecular weight excluding hydrogens is 2050 g/mol. The standard InChI is InChI=1S/C27H27FN2O4S.C26H23FN2O4S.C26H22FNO5S.C22H26BFO4.C10H8BrNO3S.CH3.Li/c1-14-9-17(28)10-15(2)23(14)34-21-8-7-16(27(3,4)33)11-18(21)20-13-30(6)26(32)24-19(20)12-22(35-24)25(31)29-5;1-13-8-17(27)9-14(2)23(13)33-21-7-6-16(15(3)30)10-18(21)20-12-29(5)26(32)24-19(20)11-22(34-24)25(31)28-4;1-13-8-17(27)9-14(2)23(13)33-21-7-6-16(15(3)29)10-18(21)20-12-28(4)25(30)24-19(20)11-22(34-24)26(31)32-5;1-13-10-17(24)11-14(2)20(13)26-19-9-8-16(15(3)25)12-18(19)23-27-21(4,5)22(6,7)28-23;1-12-4-6(11)5-3-7(10(14)15-2)16-8(5)9(12)13;;/h7-13,33H,1-6H3,(H,29,31);6-12H,1-5H3,(H,28,31);6-12H,1-5H3;8-12H,1-7H3;3-4H,1-2H3;1H3;/q;;;;;-1;+1. The van der Waals surface area contributed by atoms with Crippen molar-refractivity contribution in [2.24, 2.45) is 28.2 Å². The molecule has 17 rings (SSSR count). The average Bonchev–Trinajstić information content (AvgIpc) is 1.58. The van der Waals surface area contributed by atoms with E-state index in [0.29, 0.717) is 201 Å². The first-order valence-electron chi connectivity index (χ1n) is 45.8. The molecule has 0 unspecified atom stereocenters. The van der Waals surface area contributed by atoms with Gasteiger partial charge < -0.3 is 79.2 Å². The molecular formula is C112H109BBrF4LiN6O20S4. The molecule has 9 heterocycles. The van der Waals surface area contributed by atoms with E-state index in [2.05, 4.69) is 31.3 Å². The number of hydrogen-bond acceptors (Lipinski definition) is 24. The van der Waals surface area contributed by atoms with Crippen LogP contribution in [0.2, 0.25) is 0 Å². The van der Waals surface area contributed by atoms with Crippen LogP contribution < -0.4 is 76.1 Å². The third-order valence-corrected chi connectivity index (χ3v) is 29.9. The number of nitrogens with one attached hydrogen (secondary N) is 2. The Hall–Kier alpha value is -13.8. The van der Waals surface area contributed by atoms with E-state index < -0.39 is 35.9 Å². The molecule has 26 nitrogen and oxygen atoms in total. The van der Waals surface area contributed by atoms with Gasteiger partial charge in [0.25, 0.3) is 34.1 Å². The molecule has 0 saturated carbocycles. The number of halogens is 5. The number of pyridine rings is 4. The van der Waals surface area contributed by atoms with Gasteiger partial charge in [0.05, 0.1) is 40.8 Å². The number of ether oxygens (including phenoxy) is 6. The Bertz CT molecular complexity index is 8010. The molecule has 3 N–H and O–H groups in total. The van der Waals surface area contributed by atoms with Crippen LogP contribution in [0.1, 0.15) is 182 Å². The van der Waals surface area contributed by atoms with E-state index in [4.69, 9.17) is 33.0 Å². The second-order valence-corrected chi connectivity index (χ2v) is 42.0. The van der Waals surface area contributed by atoms with E-state index in [1.807, 2.05) is 33.8 Å². The summed E-state index contributed by atoms with van der Waals surface area (Å²) in [5.41, 5.74) is 8.62. The van der Waals surface area contributed by atoms with Crippen LogP contribution in [0.3, 0.4) is 0 Å². The number of aryl methyl sites for hydroxylation is 12. The third-order valence-electron chi connectivity index (χ3n) is 24.9. The van der Waals surface area contributed by atoms with Crippen molar-refractivity contribution < 1.29 is 113 Å². The molecule has 0 atom stereocenters. The Morgan fingerprint density at radius 3 is 0.953 bits per heavy atom. The second-order valence-electron chi connectivity index (χ2n) is 36.9. The molecule has 1 aliphatic rings. The summed E-state index contributed by atoms with van der Waals surface area (Å²) in [5, 5.41) is 18.4. The molecule has 16 aromatic rings. The number of hydrogen-bond donors (Lipinski definition) is 3. The molecule has 0 spiro atoms. The number of carbonyl (C=O) groups excluding carboxylic acids is 7. The van der Waals surface area contributed by atoms with Gasteiger partial charge in [0, 0.05) is 149 Å². The van der Waals surface area contributed by atoms with Crippen LogP contribution in [0.25, 0.3) is 73.7 Å². The van der Waals surface area contributed by atoms with Crippen molar-refractivity contribution in [2.45, 2.75) is 135 Å². The first-order valence-corrected chi connectivity index (χ1v) is 49.9. The van der Waals surface area contributed by atoms with Crippen LogP contribution in [-0.2, 0) is 52.6 Å². The van der Waals surface area contributed by atoms with E-state index in [-0.39, 0.29) is 106 Å². The van der Waals surface area contributed by atoms with Crippen LogP contribution in [0, 0.1) is 86.1 Å². The van der Waals surface area contributed by atoms with Crippen molar-refractivity contribution in [3.63, 3.8) is 0 Å². The monoisotopic (exact) mass is 2160 g/mol. The molecule has 1 saturated heterocycles. The van der Waals surface area contributed by atoms with Crippen molar-refractivity contribution >= 4 is 155 Å². The maximum atomic E-state index is 13.9. The van der Waals surface area contributed by atoms with Crippen LogP contribution in [-0.4, -0.2) is 111 Å². The van der Waals surface area contributed by atoms with Crippen LogP contribution in [0.5, 0.6) is 46.0 Å². The maximum Gasteiger partial charge on any atom is 1.00 e. The summed E-state index contributed by atoms with van der Waals surface area (Å²) >= 11 is 7.80. The molecule has 8 aromatic heterocycles. The van der Waals surface area contributed by atoms with Crippen molar-refractivity contribution in [3.05, 3.63) is 333 Å². The van der Waals surface area contributed by atoms with Crippen molar-refractivity contribution in [1.29, 1.82) is 0 Å². The van der Waals surface area contributed by atoms with Gasteiger partial charge >= 0.3 is 37.9 Å². The minimum Gasteiger partial charge on any atom is -0.465 e. The normalized spacial score (nSPS) is 12.2. The Morgan fingerprint density at radius 2 is 0.651 bits per heavy atom. The number of esters is 2. The minimum atomic E-state index is -1.13. The van der Waals surface area contributed by atoms with E-state index in [9.17, 15) is 75.4 Å². The average molecular weight is 2160 g/mol. The number of carbonyl (C=O) groups is 7. The SMILES string of the molecule is CC(=O)c1ccc(Oc2c(C)cc(F)cc2C)c(B2OC(C)(C)C(C)(C)O2)c1.CNC(=O)c1cc2c(-c3cc(C(C)(C)O)ccc3Oc3c(C)cc(F)cc3C)cn(C)c(=O)c2s1.CNC(=O)c1cc2c(-c3cc(C(C)=O)ccc3Oc3c(C)cc(F)cc3C)cn(C)c(=O)c2s1.COC(=O)c1cc2c(-c3cc(C(C)=O)ccc3Oc3c(C)cc(F)cc3C)cn(C)c(=O)c2s1.COC(=O)c1cc2c(Br)cn(C)c(=O)c2s1.[CH3-].[Li+]. The summed E-state index contributed by atoms with van der Waals surface area (Å²) in [4.78, 5) is 136. The molecule has 1 fully saturated rings. The van der Waals surface area contributed by atoms with Gasteiger partial charge in [-0.25, -0.2) is 27.2 Å². The van der Waals surface area contributed by atoms with E-state index in [1.54, 1.807) is 213 Å². The van der Waals surface area contributed by atoms with Gasteiger partial charge in [-0.3, -0.25) is 43.2 Å². The summed E-state index contributed by atoms with van der Waals surface area (Å²) in [6.07, 6.45) is 6.70. The van der Waals surface area contributed by atoms with E-state index >= 15 is 0 Å². The smallest absolute Gasteiger partial charge is 0.465 e. The molecule has 0 radical (unpaired) electrons. The van der Waals surface area contributed by atoms with Gasteiger partial charge in [0.15, 0.2) is 17.3 Å². The zero-order valence-electron chi connectivity index (χ0n) is 87.3. The van der Waals surface area contributed by atoms with Crippen molar-refractivity contribution in [2.75, 3.05) is 28.3 Å². The van der Waals surface area contributed by atoms with Gasteiger partial charge in [-0.2, -0.15) is 0 Å². The number of aliphatic hydroxyl groups is 1. The molecule has 770 valence electrons. The first-order chi connectivity index (χ1) is 69.0. The van der Waals surface area contributed by atoms with Crippen molar-refractivity contribution in [3.8, 4) is 79.4 Å². The zero-order chi connectivity index (χ0) is 108. The van der Waals surface area contributed by atoms with Crippen LogP contribution >= 0.6 is 61.3 Å². The summed E-state index contributed by atoms with van der Waals surface area (Å²) in [6.45, 7) is 29.8. The predicted molar refractivity (Wildman–Crippen MR) is 579 cm³/mol. The number of aromatic nitrogens is 4. The number of methoxy groups -OCH3 is 2. The number of amides is 2. The molecule has 0 bridgehead atoms. The number of nitrogens with zero attached hydrogens (tertiary/aromatic N) is 4. The predicted octanol–water partition coefficient (Wildman–Crippen LogP) is 20.9. The topological polar surface area (TPSA) is 326 Å². The van der Waals surface area contributed by atoms with Crippen LogP contribution in [0.4, 0.5) is 17.6 Å². The van der Waals surface area contributed by atoms with Gasteiger partial charge in [-0.15, -0.1) is 45.3 Å². The van der Waals surface area contributed by atoms with Gasteiger partial charge in [0.2, 0.25) is 0 Å². The number of thiophene rings is 4. The summed E-state index contributed by atoms with van der Waals surface area (Å²) < 4.78 is 110. The molecule has 2 amide bonds. The molecule has 37 heteroatoms. The summed E-state index contributed by atoms with van der Waals surface area (Å²) in [7, 11) is 11.6. The quantitative estimate of drug-likeness (QED) is 0.0210. The van der Waals surface area contributed by atoms with Gasteiger partial charge in [-0.1, -0.05) is 6.07 Å². The molecule has 1 aliphatic heterocycles. The Kier molecular flexibility index (Phi) is 36.1. The molecule has 8 aromatic carbocycles. The Labute approximate surface area is 894 Å². The molecule has 149 heavy (non-hydrogen) atoms. The van der Waals surface area contributed by atoms with Gasteiger partial charge in [-0.05, 0) is 323 Å². The minimum absolute atomic E-state index is 0. The fraction of sp³-hybridized carbons (Fsp3) is 0.250. The number of Topliss-reactive ketones (excluding diaryl/α,β-unsaturated/α-hetero) is 3. The first kappa shape index (κ1) is 116. The van der Waals surface area contributed by atoms with E-state index in [1.165, 1.54) is 116 Å². The number of ketones is 3. The fourth-order valence-corrected chi connectivity index (χ4v) is 21.5. The Balaban J connectivity index is 0.000000179. The Morgan fingerprint density at radius 1 is 0.389 bits per heavy atom. The largest absolute Gasteiger partial charge is 1.00 e. The summed E-state index contributed by atoms with van der Waals surface area (Å²) in [6, 6.07) is 38.5. The molecule has 0 aliphatic carbocycles. The van der Waals surface area contributed by atoms with E-state index in [0.717, 1.165) is 55.2 Å². The summed E-state index contributed by atoms with van der Waals surface area (Å²) in [5.74, 6) is 0.763.